The zero-order valence-corrected chi connectivity index (χ0v) is 13.6. The highest BCUT2D eigenvalue weighted by atomic mass is 35.5. The van der Waals surface area contributed by atoms with Gasteiger partial charge in [-0.1, -0.05) is 48.4 Å². The maximum Gasteiger partial charge on any atom is 0.0580 e. The first-order valence-corrected chi connectivity index (χ1v) is 8.43. The Bertz CT molecular complexity index is 841. The van der Waals surface area contributed by atoms with Gasteiger partial charge in [0.2, 0.25) is 0 Å². The Balaban J connectivity index is 1.78. The van der Waals surface area contributed by atoms with E-state index in [4.69, 9.17) is 17.3 Å². The van der Waals surface area contributed by atoms with E-state index in [1.807, 2.05) is 36.5 Å². The van der Waals surface area contributed by atoms with Crippen molar-refractivity contribution in [1.29, 1.82) is 0 Å². The van der Waals surface area contributed by atoms with E-state index in [1.54, 1.807) is 0 Å². The molecule has 1 atom stereocenters. The lowest BCUT2D eigenvalue weighted by atomic mass is 9.59. The van der Waals surface area contributed by atoms with Crippen molar-refractivity contribution in [2.24, 2.45) is 5.73 Å². The number of halogens is 1. The molecule has 0 bridgehead atoms. The molecule has 1 aliphatic rings. The molecule has 0 saturated heterocycles. The SMILES string of the molecule is NC(c1ccccn1)C1(c2ccc3cc(Cl)ccc3c2)CCC1. The molecule has 2 nitrogen and oxygen atoms in total. The molecule has 1 saturated carbocycles. The van der Waals surface area contributed by atoms with Crippen LogP contribution in [-0.2, 0) is 5.41 Å². The maximum atomic E-state index is 6.65. The molecular weight excluding hydrogens is 304 g/mol. The summed E-state index contributed by atoms with van der Waals surface area (Å²) in [5.74, 6) is 0. The summed E-state index contributed by atoms with van der Waals surface area (Å²) in [4.78, 5) is 4.48. The van der Waals surface area contributed by atoms with Gasteiger partial charge in [-0.2, -0.15) is 0 Å². The van der Waals surface area contributed by atoms with Crippen molar-refractivity contribution in [3.8, 4) is 0 Å². The van der Waals surface area contributed by atoms with Crippen molar-refractivity contribution in [2.45, 2.75) is 30.7 Å². The number of fused-ring (bicyclic) bond motifs is 1. The van der Waals surface area contributed by atoms with Gasteiger partial charge >= 0.3 is 0 Å². The number of pyridine rings is 1. The number of nitrogens with two attached hydrogens (primary N) is 1. The number of rotatable bonds is 3. The summed E-state index contributed by atoms with van der Waals surface area (Å²) in [6.07, 6.45) is 5.27. The van der Waals surface area contributed by atoms with Crippen LogP contribution in [-0.4, -0.2) is 4.98 Å². The van der Waals surface area contributed by atoms with Gasteiger partial charge in [0.25, 0.3) is 0 Å². The minimum atomic E-state index is -0.0674. The molecule has 0 spiro atoms. The Hall–Kier alpha value is -1.90. The van der Waals surface area contributed by atoms with Crippen LogP contribution in [0.5, 0.6) is 0 Å². The molecule has 2 N–H and O–H groups in total. The highest BCUT2D eigenvalue weighted by Gasteiger charge is 2.45. The van der Waals surface area contributed by atoms with Gasteiger partial charge in [-0.25, -0.2) is 0 Å². The van der Waals surface area contributed by atoms with Crippen LogP contribution in [0.15, 0.2) is 60.8 Å². The third-order valence-corrected chi connectivity index (χ3v) is 5.46. The van der Waals surface area contributed by atoms with E-state index in [9.17, 15) is 0 Å². The van der Waals surface area contributed by atoms with Gasteiger partial charge in [0.15, 0.2) is 0 Å². The van der Waals surface area contributed by atoms with Crippen LogP contribution in [0, 0.1) is 0 Å². The van der Waals surface area contributed by atoms with Crippen LogP contribution in [0.1, 0.15) is 36.6 Å². The average Bonchev–Trinajstić information content (AvgIpc) is 2.54. The number of hydrogen-bond donors (Lipinski definition) is 1. The second-order valence-electron chi connectivity index (χ2n) is 6.45. The van der Waals surface area contributed by atoms with Crippen molar-refractivity contribution in [1.82, 2.24) is 4.98 Å². The van der Waals surface area contributed by atoms with Crippen molar-refractivity contribution >= 4 is 22.4 Å². The fourth-order valence-corrected chi connectivity index (χ4v) is 3.89. The molecule has 0 amide bonds. The largest absolute Gasteiger partial charge is 0.322 e. The molecule has 3 aromatic rings. The Morgan fingerprint density at radius 1 is 1.00 bits per heavy atom. The van der Waals surface area contributed by atoms with E-state index in [2.05, 4.69) is 29.2 Å². The summed E-state index contributed by atoms with van der Waals surface area (Å²) < 4.78 is 0. The van der Waals surface area contributed by atoms with Crippen molar-refractivity contribution in [3.05, 3.63) is 77.1 Å². The lowest BCUT2D eigenvalue weighted by Gasteiger charge is -2.46. The van der Waals surface area contributed by atoms with Crippen LogP contribution >= 0.6 is 11.6 Å². The summed E-state index contributed by atoms with van der Waals surface area (Å²) in [7, 11) is 0. The molecule has 116 valence electrons. The van der Waals surface area contributed by atoms with E-state index < -0.39 is 0 Å². The Kier molecular flexibility index (Phi) is 3.59. The summed E-state index contributed by atoms with van der Waals surface area (Å²) in [5.41, 5.74) is 8.95. The van der Waals surface area contributed by atoms with Crippen LogP contribution in [0.3, 0.4) is 0 Å². The van der Waals surface area contributed by atoms with E-state index in [-0.39, 0.29) is 11.5 Å². The predicted molar refractivity (Wildman–Crippen MR) is 95.7 cm³/mol. The second-order valence-corrected chi connectivity index (χ2v) is 6.88. The smallest absolute Gasteiger partial charge is 0.0580 e. The lowest BCUT2D eigenvalue weighted by Crippen LogP contribution is -2.44. The topological polar surface area (TPSA) is 38.9 Å². The van der Waals surface area contributed by atoms with Crippen LogP contribution in [0.2, 0.25) is 5.02 Å². The Morgan fingerprint density at radius 3 is 2.48 bits per heavy atom. The van der Waals surface area contributed by atoms with E-state index in [0.29, 0.717) is 0 Å². The zero-order chi connectivity index (χ0) is 15.9. The lowest BCUT2D eigenvalue weighted by molar-refractivity contribution is 0.194. The normalized spacial score (nSPS) is 17.7. The average molecular weight is 323 g/mol. The molecule has 3 heteroatoms. The van der Waals surface area contributed by atoms with Crippen LogP contribution < -0.4 is 5.73 Å². The van der Waals surface area contributed by atoms with E-state index in [0.717, 1.165) is 23.6 Å². The molecule has 0 aliphatic heterocycles. The second kappa shape index (κ2) is 5.63. The van der Waals surface area contributed by atoms with Gasteiger partial charge in [0, 0.05) is 16.6 Å². The third kappa shape index (κ3) is 2.43. The monoisotopic (exact) mass is 322 g/mol. The standard InChI is InChI=1S/C20H19ClN2/c21-17-8-6-14-12-16(7-5-15(14)13-17)20(9-3-10-20)19(22)18-4-1-2-11-23-18/h1-2,4-8,11-13,19H,3,9-10,22H2. The molecule has 1 aromatic heterocycles. The molecular formula is C20H19ClN2. The summed E-state index contributed by atoms with van der Waals surface area (Å²) in [5, 5.41) is 3.15. The molecule has 2 aromatic carbocycles. The van der Waals surface area contributed by atoms with Crippen molar-refractivity contribution in [2.75, 3.05) is 0 Å². The summed E-state index contributed by atoms with van der Waals surface area (Å²) in [6, 6.07) is 18.6. The summed E-state index contributed by atoms with van der Waals surface area (Å²) in [6.45, 7) is 0. The fraction of sp³-hybridized carbons (Fsp3) is 0.250. The Morgan fingerprint density at radius 2 is 1.78 bits per heavy atom. The third-order valence-electron chi connectivity index (χ3n) is 5.22. The molecule has 1 fully saturated rings. The highest BCUT2D eigenvalue weighted by molar-refractivity contribution is 6.31. The first-order valence-electron chi connectivity index (χ1n) is 8.05. The number of aromatic nitrogens is 1. The van der Waals surface area contributed by atoms with Crippen LogP contribution in [0.4, 0.5) is 0 Å². The van der Waals surface area contributed by atoms with Gasteiger partial charge in [-0.15, -0.1) is 0 Å². The number of hydrogen-bond acceptors (Lipinski definition) is 2. The molecule has 1 heterocycles. The highest BCUT2D eigenvalue weighted by Crippen LogP contribution is 2.51. The van der Waals surface area contributed by atoms with Gasteiger partial charge < -0.3 is 5.73 Å². The number of benzene rings is 2. The maximum absolute atomic E-state index is 6.65. The predicted octanol–water partition coefficient (Wildman–Crippen LogP) is 5.01. The van der Waals surface area contributed by atoms with Crippen molar-refractivity contribution < 1.29 is 0 Å². The van der Waals surface area contributed by atoms with Crippen molar-refractivity contribution in [3.63, 3.8) is 0 Å². The molecule has 23 heavy (non-hydrogen) atoms. The molecule has 0 radical (unpaired) electrons. The first-order chi connectivity index (χ1) is 11.2. The van der Waals surface area contributed by atoms with Gasteiger partial charge in [-0.3, -0.25) is 4.98 Å². The van der Waals surface area contributed by atoms with E-state index >= 15 is 0 Å². The quantitative estimate of drug-likeness (QED) is 0.736. The molecule has 4 rings (SSSR count). The fourth-order valence-electron chi connectivity index (χ4n) is 3.71. The number of nitrogens with zero attached hydrogens (tertiary/aromatic N) is 1. The van der Waals surface area contributed by atoms with Gasteiger partial charge in [-0.05, 0) is 53.4 Å². The Labute approximate surface area is 141 Å². The zero-order valence-electron chi connectivity index (χ0n) is 12.9. The summed E-state index contributed by atoms with van der Waals surface area (Å²) >= 11 is 6.09. The minimum absolute atomic E-state index is 0.00216. The van der Waals surface area contributed by atoms with Crippen LogP contribution in [0.25, 0.3) is 10.8 Å². The van der Waals surface area contributed by atoms with E-state index in [1.165, 1.54) is 22.8 Å². The van der Waals surface area contributed by atoms with Gasteiger partial charge in [0.05, 0.1) is 11.7 Å². The first kappa shape index (κ1) is 14.7. The van der Waals surface area contributed by atoms with Gasteiger partial charge in [0.1, 0.15) is 0 Å². The molecule has 1 unspecified atom stereocenters. The minimum Gasteiger partial charge on any atom is -0.322 e. The molecule has 1 aliphatic carbocycles.